The first-order valence-electron chi connectivity index (χ1n) is 15.1. The van der Waals surface area contributed by atoms with Crippen molar-refractivity contribution >= 4 is 66.4 Å². The number of carboxylic acid groups (broad SMARTS) is 2. The molecule has 0 fully saturated rings. The molecule has 48 heavy (non-hydrogen) atoms. The van der Waals surface area contributed by atoms with Crippen molar-refractivity contribution in [2.75, 3.05) is 14.2 Å². The molecule has 2 heterocycles. The standard InChI is InChI=1S/C34H36F2O10S2/c1-15(33(39)40)9-21(37)27-11-19-25(47-27)13-23(43-5)31(29(19)35)45-17(3)7-8-18(4)46-32-24(44-6)14-26-20(30(32)36)12-28(48-26)22(38)10-16(2)34(41)42/h11-18H,7-10H2,1-6H3,(H,39,40)(H,41,42)/t15-,16-,17?,18?/m0/s1. The molecule has 258 valence electrons. The summed E-state index contributed by atoms with van der Waals surface area (Å²) in [6, 6.07) is 5.91. The van der Waals surface area contributed by atoms with Gasteiger partial charge in [0, 0.05) is 45.1 Å². The van der Waals surface area contributed by atoms with Crippen molar-refractivity contribution in [1.29, 1.82) is 0 Å². The maximum Gasteiger partial charge on any atom is 0.306 e. The van der Waals surface area contributed by atoms with Crippen LogP contribution < -0.4 is 18.9 Å². The molecule has 0 aliphatic carbocycles. The van der Waals surface area contributed by atoms with Crippen molar-refractivity contribution in [2.45, 2.75) is 65.6 Å². The molecule has 0 bridgehead atoms. The lowest BCUT2D eigenvalue weighted by atomic mass is 10.0. The molecule has 10 nitrogen and oxygen atoms in total. The van der Waals surface area contributed by atoms with Gasteiger partial charge in [-0.2, -0.15) is 0 Å². The van der Waals surface area contributed by atoms with Crippen LogP contribution in [0.3, 0.4) is 0 Å². The number of carbonyl (C=O) groups is 4. The number of carboxylic acids is 2. The Kier molecular flexibility index (Phi) is 11.6. The van der Waals surface area contributed by atoms with Gasteiger partial charge in [0.1, 0.15) is 0 Å². The summed E-state index contributed by atoms with van der Waals surface area (Å²) in [5.41, 5.74) is 0. The van der Waals surface area contributed by atoms with Crippen molar-refractivity contribution in [3.05, 3.63) is 45.7 Å². The van der Waals surface area contributed by atoms with Crippen molar-refractivity contribution < 1.29 is 57.1 Å². The van der Waals surface area contributed by atoms with Crippen LogP contribution in [-0.4, -0.2) is 60.1 Å². The van der Waals surface area contributed by atoms with Gasteiger partial charge in [-0.15, -0.1) is 22.7 Å². The van der Waals surface area contributed by atoms with Gasteiger partial charge in [0.15, 0.2) is 46.2 Å². The highest BCUT2D eigenvalue weighted by Crippen LogP contribution is 2.42. The fraction of sp³-hybridized carbons (Fsp3) is 0.412. The molecule has 2 N–H and O–H groups in total. The van der Waals surface area contributed by atoms with Crippen LogP contribution in [-0.2, 0) is 9.59 Å². The molecule has 0 radical (unpaired) electrons. The van der Waals surface area contributed by atoms with Crippen LogP contribution in [0.1, 0.15) is 72.7 Å². The molecule has 0 amide bonds. The molecule has 2 unspecified atom stereocenters. The number of carbonyl (C=O) groups excluding carboxylic acids is 2. The molecule has 0 aliphatic rings. The van der Waals surface area contributed by atoms with E-state index in [0.717, 1.165) is 22.7 Å². The van der Waals surface area contributed by atoms with E-state index in [1.165, 1.54) is 40.2 Å². The fourth-order valence-electron chi connectivity index (χ4n) is 4.92. The van der Waals surface area contributed by atoms with Crippen molar-refractivity contribution in [1.82, 2.24) is 0 Å². The molecular weight excluding hydrogens is 670 g/mol. The maximum absolute atomic E-state index is 15.7. The molecular formula is C34H36F2O10S2. The molecule has 0 aliphatic heterocycles. The highest BCUT2D eigenvalue weighted by molar-refractivity contribution is 7.21. The van der Waals surface area contributed by atoms with E-state index < -0.39 is 59.2 Å². The lowest BCUT2D eigenvalue weighted by Crippen LogP contribution is -2.19. The van der Waals surface area contributed by atoms with E-state index in [9.17, 15) is 19.2 Å². The Morgan fingerprint density at radius 1 is 0.667 bits per heavy atom. The first-order valence-corrected chi connectivity index (χ1v) is 16.7. The van der Waals surface area contributed by atoms with Crippen LogP contribution in [0.5, 0.6) is 23.0 Å². The summed E-state index contributed by atoms with van der Waals surface area (Å²) in [4.78, 5) is 48.1. The zero-order valence-corrected chi connectivity index (χ0v) is 28.8. The second kappa shape index (κ2) is 15.3. The maximum atomic E-state index is 15.7. The summed E-state index contributed by atoms with van der Waals surface area (Å²) in [6.07, 6.45) is -0.775. The van der Waals surface area contributed by atoms with Gasteiger partial charge in [0.2, 0.25) is 0 Å². The Morgan fingerprint density at radius 2 is 1.02 bits per heavy atom. The van der Waals surface area contributed by atoms with Crippen molar-refractivity contribution in [3.8, 4) is 23.0 Å². The number of hydrogen-bond acceptors (Lipinski definition) is 10. The number of thiophene rings is 2. The van der Waals surface area contributed by atoms with Crippen LogP contribution in [0.4, 0.5) is 8.78 Å². The third-order valence-corrected chi connectivity index (χ3v) is 10.0. The predicted octanol–water partition coefficient (Wildman–Crippen LogP) is 8.01. The minimum atomic E-state index is -1.10. The largest absolute Gasteiger partial charge is 0.493 e. The normalized spacial score (nSPS) is 13.9. The Balaban J connectivity index is 1.46. The molecule has 4 atom stereocenters. The van der Waals surface area contributed by atoms with E-state index in [-0.39, 0.29) is 56.4 Å². The van der Waals surface area contributed by atoms with Crippen LogP contribution in [0.25, 0.3) is 20.2 Å². The van der Waals surface area contributed by atoms with Crippen LogP contribution in [0.2, 0.25) is 0 Å². The number of Topliss-reactive ketones (excluding diaryl/α,β-unsaturated/α-hetero) is 2. The number of hydrogen-bond donors (Lipinski definition) is 2. The third-order valence-electron chi connectivity index (χ3n) is 7.80. The van der Waals surface area contributed by atoms with Gasteiger partial charge < -0.3 is 29.2 Å². The average Bonchev–Trinajstić information content (AvgIpc) is 3.67. The van der Waals surface area contributed by atoms with E-state index >= 15 is 8.78 Å². The number of methoxy groups -OCH3 is 2. The first-order chi connectivity index (χ1) is 22.6. The quantitative estimate of drug-likeness (QED) is 0.104. The Hall–Kier alpha value is -4.30. The number of halogens is 2. The summed E-state index contributed by atoms with van der Waals surface area (Å²) >= 11 is 2.09. The zero-order valence-electron chi connectivity index (χ0n) is 27.2. The van der Waals surface area contributed by atoms with E-state index in [1.807, 2.05) is 0 Å². The van der Waals surface area contributed by atoms with Crippen LogP contribution in [0, 0.1) is 23.5 Å². The Bertz CT molecular complexity index is 1730. The Labute approximate surface area is 283 Å². The number of ether oxygens (including phenoxy) is 4. The summed E-state index contributed by atoms with van der Waals surface area (Å²) in [6.45, 7) is 6.32. The number of rotatable bonds is 17. The van der Waals surface area contributed by atoms with Crippen molar-refractivity contribution in [3.63, 3.8) is 0 Å². The summed E-state index contributed by atoms with van der Waals surface area (Å²) < 4.78 is 55.0. The molecule has 0 saturated carbocycles. The van der Waals surface area contributed by atoms with E-state index in [4.69, 9.17) is 29.2 Å². The summed E-state index contributed by atoms with van der Waals surface area (Å²) in [5, 5.41) is 18.6. The monoisotopic (exact) mass is 706 g/mol. The van der Waals surface area contributed by atoms with Gasteiger partial charge in [0.25, 0.3) is 0 Å². The van der Waals surface area contributed by atoms with Gasteiger partial charge in [-0.3, -0.25) is 19.2 Å². The second-order valence-electron chi connectivity index (χ2n) is 11.7. The minimum Gasteiger partial charge on any atom is -0.493 e. The van der Waals surface area contributed by atoms with E-state index in [2.05, 4.69) is 0 Å². The molecule has 0 spiro atoms. The summed E-state index contributed by atoms with van der Waals surface area (Å²) in [5.74, 6) is -6.21. The molecule has 0 saturated heterocycles. The van der Waals surface area contributed by atoms with Crippen LogP contribution >= 0.6 is 22.7 Å². The van der Waals surface area contributed by atoms with Gasteiger partial charge in [-0.1, -0.05) is 13.8 Å². The highest BCUT2D eigenvalue weighted by atomic mass is 32.1. The second-order valence-corrected chi connectivity index (χ2v) is 13.8. The molecule has 4 aromatic rings. The number of ketones is 2. The predicted molar refractivity (Wildman–Crippen MR) is 178 cm³/mol. The van der Waals surface area contributed by atoms with E-state index in [0.29, 0.717) is 22.2 Å². The number of benzene rings is 2. The minimum absolute atomic E-state index is 0.127. The lowest BCUT2D eigenvalue weighted by Gasteiger charge is -2.21. The smallest absolute Gasteiger partial charge is 0.306 e. The molecule has 14 heteroatoms. The average molecular weight is 707 g/mol. The van der Waals surface area contributed by atoms with Gasteiger partial charge >= 0.3 is 11.9 Å². The van der Waals surface area contributed by atoms with Crippen molar-refractivity contribution in [2.24, 2.45) is 11.8 Å². The summed E-state index contributed by atoms with van der Waals surface area (Å²) in [7, 11) is 2.73. The fourth-order valence-corrected chi connectivity index (χ4v) is 6.99. The third kappa shape index (κ3) is 8.04. The molecule has 2 aromatic carbocycles. The number of fused-ring (bicyclic) bond motifs is 2. The van der Waals surface area contributed by atoms with E-state index in [1.54, 1.807) is 26.0 Å². The van der Waals surface area contributed by atoms with Gasteiger partial charge in [0.05, 0.1) is 48.0 Å². The Morgan fingerprint density at radius 3 is 1.33 bits per heavy atom. The molecule has 4 rings (SSSR count). The zero-order chi connectivity index (χ0) is 35.4. The molecule has 2 aromatic heterocycles. The first kappa shape index (κ1) is 36.5. The SMILES string of the molecule is COc1cc2sc(C(=O)C[C@H](C)C(=O)O)cc2c(F)c1OC(C)CCC(C)Oc1c(OC)cc2sc(C(=O)C[C@H](C)C(=O)O)cc2c1F. The van der Waals surface area contributed by atoms with Gasteiger partial charge in [-0.05, 0) is 38.8 Å². The lowest BCUT2D eigenvalue weighted by molar-refractivity contribution is -0.141. The number of aliphatic carboxylic acids is 2. The van der Waals surface area contributed by atoms with Crippen LogP contribution in [0.15, 0.2) is 24.3 Å². The van der Waals surface area contributed by atoms with Gasteiger partial charge in [-0.25, -0.2) is 8.78 Å². The highest BCUT2D eigenvalue weighted by Gasteiger charge is 2.26. The topological polar surface area (TPSA) is 146 Å².